The maximum atomic E-state index is 9.08. The molecule has 1 saturated heterocycles. The fraction of sp³-hybridized carbons (Fsp3) is 0.833. The van der Waals surface area contributed by atoms with Gasteiger partial charge in [0.2, 0.25) is 0 Å². The Labute approximate surface area is 68.6 Å². The van der Waals surface area contributed by atoms with Crippen LogP contribution in [0.25, 0.3) is 0 Å². The lowest BCUT2D eigenvalue weighted by Crippen LogP contribution is -2.54. The Morgan fingerprint density at radius 1 is 1.08 bits per heavy atom. The van der Waals surface area contributed by atoms with E-state index in [0.717, 1.165) is 0 Å². The van der Waals surface area contributed by atoms with Crippen molar-refractivity contribution in [3.05, 3.63) is 6.10 Å². The molecule has 4 atom stereocenters. The van der Waals surface area contributed by atoms with Gasteiger partial charge in [0.25, 0.3) is 0 Å². The maximum absolute atomic E-state index is 9.08. The molecule has 1 aliphatic rings. The SMILES string of the molecule is OC[C]1O[C@H](O)[C@H](O)[C@@H](O)[C@@H]1O. The molecule has 6 nitrogen and oxygen atoms in total. The van der Waals surface area contributed by atoms with Gasteiger partial charge < -0.3 is 30.3 Å². The Balaban J connectivity index is 2.63. The van der Waals surface area contributed by atoms with Crippen molar-refractivity contribution in [2.75, 3.05) is 6.61 Å². The summed E-state index contributed by atoms with van der Waals surface area (Å²) in [6.07, 6.45) is -6.41. The fourth-order valence-electron chi connectivity index (χ4n) is 0.971. The van der Waals surface area contributed by atoms with Gasteiger partial charge in [0.1, 0.15) is 18.3 Å². The molecule has 1 rings (SSSR count). The van der Waals surface area contributed by atoms with E-state index in [9.17, 15) is 0 Å². The highest BCUT2D eigenvalue weighted by molar-refractivity contribution is 4.99. The van der Waals surface area contributed by atoms with Crippen LogP contribution in [0.15, 0.2) is 0 Å². The summed E-state index contributed by atoms with van der Waals surface area (Å²) in [7, 11) is 0. The normalized spacial score (nSPS) is 44.8. The molecule has 1 radical (unpaired) electrons. The van der Waals surface area contributed by atoms with Crippen molar-refractivity contribution in [1.29, 1.82) is 0 Å². The Morgan fingerprint density at radius 2 is 1.67 bits per heavy atom. The minimum absolute atomic E-state index is 0.250. The molecule has 0 saturated carbocycles. The van der Waals surface area contributed by atoms with Gasteiger partial charge in [-0.15, -0.1) is 0 Å². The zero-order valence-electron chi connectivity index (χ0n) is 6.16. The van der Waals surface area contributed by atoms with Crippen molar-refractivity contribution in [1.82, 2.24) is 0 Å². The number of hydrogen-bond donors (Lipinski definition) is 5. The topological polar surface area (TPSA) is 110 Å². The molecular weight excluding hydrogens is 168 g/mol. The Morgan fingerprint density at radius 3 is 2.17 bits per heavy atom. The third kappa shape index (κ3) is 1.58. The van der Waals surface area contributed by atoms with Crippen molar-refractivity contribution < 1.29 is 30.3 Å². The first-order valence-electron chi connectivity index (χ1n) is 3.43. The van der Waals surface area contributed by atoms with Gasteiger partial charge in [0, 0.05) is 0 Å². The fourth-order valence-corrected chi connectivity index (χ4v) is 0.971. The van der Waals surface area contributed by atoms with Crippen LogP contribution < -0.4 is 0 Å². The number of ether oxygens (including phenoxy) is 1. The van der Waals surface area contributed by atoms with E-state index in [1.54, 1.807) is 0 Å². The predicted molar refractivity (Wildman–Crippen MR) is 35.4 cm³/mol. The molecule has 0 aromatic rings. The Hall–Kier alpha value is -0.240. The van der Waals surface area contributed by atoms with Gasteiger partial charge in [-0.3, -0.25) is 0 Å². The van der Waals surface area contributed by atoms with E-state index >= 15 is 0 Å². The molecule has 5 N–H and O–H groups in total. The van der Waals surface area contributed by atoms with Crippen LogP contribution in [0.3, 0.4) is 0 Å². The summed E-state index contributed by atoms with van der Waals surface area (Å²) in [4.78, 5) is 0. The summed E-state index contributed by atoms with van der Waals surface area (Å²) in [6.45, 7) is -0.609. The van der Waals surface area contributed by atoms with Crippen LogP contribution in [0.2, 0.25) is 0 Å². The zero-order valence-corrected chi connectivity index (χ0v) is 6.16. The molecule has 1 heterocycles. The second kappa shape index (κ2) is 3.65. The average Bonchev–Trinajstić information content (AvgIpc) is 2.08. The predicted octanol–water partition coefficient (Wildman–Crippen LogP) is -3.06. The van der Waals surface area contributed by atoms with E-state index < -0.39 is 31.2 Å². The summed E-state index contributed by atoms with van der Waals surface area (Å²) in [6, 6.07) is 0. The first kappa shape index (κ1) is 9.85. The van der Waals surface area contributed by atoms with Gasteiger partial charge in [-0.1, -0.05) is 0 Å². The van der Waals surface area contributed by atoms with Crippen molar-refractivity contribution in [3.8, 4) is 0 Å². The van der Waals surface area contributed by atoms with Crippen LogP contribution in [-0.4, -0.2) is 56.7 Å². The molecule has 0 unspecified atom stereocenters. The molecule has 1 aliphatic heterocycles. The molecule has 0 aliphatic carbocycles. The van der Waals surface area contributed by atoms with Gasteiger partial charge in [-0.25, -0.2) is 0 Å². The monoisotopic (exact) mass is 179 g/mol. The van der Waals surface area contributed by atoms with E-state index in [1.807, 2.05) is 0 Å². The molecule has 0 aromatic carbocycles. The minimum atomic E-state index is -1.61. The largest absolute Gasteiger partial charge is 0.393 e. The van der Waals surface area contributed by atoms with Gasteiger partial charge in [0.05, 0.1) is 6.61 Å². The van der Waals surface area contributed by atoms with Crippen LogP contribution in [0, 0.1) is 6.10 Å². The van der Waals surface area contributed by atoms with Crippen molar-refractivity contribution in [2.24, 2.45) is 0 Å². The maximum Gasteiger partial charge on any atom is 0.184 e. The van der Waals surface area contributed by atoms with Crippen LogP contribution in [-0.2, 0) is 4.74 Å². The zero-order chi connectivity index (χ0) is 9.30. The van der Waals surface area contributed by atoms with Gasteiger partial charge in [-0.2, -0.15) is 0 Å². The minimum Gasteiger partial charge on any atom is -0.393 e. The van der Waals surface area contributed by atoms with E-state index in [-0.39, 0.29) is 6.10 Å². The van der Waals surface area contributed by atoms with Crippen molar-refractivity contribution in [2.45, 2.75) is 24.6 Å². The number of hydrogen-bond acceptors (Lipinski definition) is 6. The lowest BCUT2D eigenvalue weighted by atomic mass is 10.00. The highest BCUT2D eigenvalue weighted by Gasteiger charge is 2.43. The molecular formula is C6H11O6. The number of aliphatic hydroxyl groups is 5. The summed E-state index contributed by atoms with van der Waals surface area (Å²) in [5, 5.41) is 44.5. The van der Waals surface area contributed by atoms with Gasteiger partial charge in [0.15, 0.2) is 12.4 Å². The molecule has 0 bridgehead atoms. The molecule has 0 amide bonds. The van der Waals surface area contributed by atoms with Gasteiger partial charge >= 0.3 is 0 Å². The molecule has 0 aromatic heterocycles. The standard InChI is InChI=1S/C6H11O6/c7-1-2-3(8)4(9)5(10)6(11)12-2/h3-11H,1H2/t3-,4+,5-,6+/m1/s1. The van der Waals surface area contributed by atoms with Crippen LogP contribution >= 0.6 is 0 Å². The van der Waals surface area contributed by atoms with Crippen LogP contribution in [0.5, 0.6) is 0 Å². The summed E-state index contributed by atoms with van der Waals surface area (Å²) in [5.74, 6) is 0. The lowest BCUT2D eigenvalue weighted by molar-refractivity contribution is -0.251. The Bertz CT molecular complexity index is 146. The van der Waals surface area contributed by atoms with Crippen LogP contribution in [0.4, 0.5) is 0 Å². The molecule has 6 heteroatoms. The smallest absolute Gasteiger partial charge is 0.184 e. The highest BCUT2D eigenvalue weighted by Crippen LogP contribution is 2.24. The highest BCUT2D eigenvalue weighted by atomic mass is 16.6. The quantitative estimate of drug-likeness (QED) is 0.292. The first-order valence-corrected chi connectivity index (χ1v) is 3.43. The van der Waals surface area contributed by atoms with Crippen LogP contribution in [0.1, 0.15) is 0 Å². The third-order valence-corrected chi connectivity index (χ3v) is 1.72. The second-order valence-electron chi connectivity index (χ2n) is 2.56. The molecule has 71 valence electrons. The first-order chi connectivity index (χ1) is 5.57. The van der Waals surface area contributed by atoms with Crippen molar-refractivity contribution in [3.63, 3.8) is 0 Å². The van der Waals surface area contributed by atoms with E-state index in [4.69, 9.17) is 25.5 Å². The van der Waals surface area contributed by atoms with Crippen molar-refractivity contribution >= 4 is 0 Å². The van der Waals surface area contributed by atoms with E-state index in [0.29, 0.717) is 0 Å². The summed E-state index contributed by atoms with van der Waals surface area (Å²) in [5.41, 5.74) is 0. The second-order valence-corrected chi connectivity index (χ2v) is 2.56. The number of aliphatic hydroxyl groups excluding tert-OH is 5. The van der Waals surface area contributed by atoms with Gasteiger partial charge in [-0.05, 0) is 0 Å². The third-order valence-electron chi connectivity index (χ3n) is 1.72. The summed E-state index contributed by atoms with van der Waals surface area (Å²) >= 11 is 0. The molecule has 1 fully saturated rings. The number of rotatable bonds is 1. The van der Waals surface area contributed by atoms with E-state index in [2.05, 4.69) is 4.74 Å². The average molecular weight is 179 g/mol. The van der Waals surface area contributed by atoms with E-state index in [1.165, 1.54) is 0 Å². The molecule has 0 spiro atoms. The Kier molecular flexibility index (Phi) is 2.99. The lowest BCUT2D eigenvalue weighted by Gasteiger charge is -2.36. The molecule has 12 heavy (non-hydrogen) atoms. The summed E-state index contributed by atoms with van der Waals surface area (Å²) < 4.78 is 4.49.